The van der Waals surface area contributed by atoms with Crippen molar-refractivity contribution in [3.05, 3.63) is 0 Å². The summed E-state index contributed by atoms with van der Waals surface area (Å²) in [5, 5.41) is 6.56. The molecule has 0 aromatic heterocycles. The van der Waals surface area contributed by atoms with Gasteiger partial charge < -0.3 is 15.5 Å². The van der Waals surface area contributed by atoms with Gasteiger partial charge in [0, 0.05) is 26.2 Å². The maximum Gasteiger partial charge on any atom is 0.191 e. The van der Waals surface area contributed by atoms with Gasteiger partial charge in [-0.05, 0) is 26.9 Å². The molecule has 0 bridgehead atoms. The zero-order valence-corrected chi connectivity index (χ0v) is 10.8. The Balaban J connectivity index is 3.72. The molecule has 2 N–H and O–H groups in total. The average molecular weight is 214 g/mol. The highest BCUT2D eigenvalue weighted by Crippen LogP contribution is 1.84. The molecule has 90 valence electrons. The molecule has 0 unspecified atom stereocenters. The van der Waals surface area contributed by atoms with Gasteiger partial charge in [-0.15, -0.1) is 0 Å². The highest BCUT2D eigenvalue weighted by molar-refractivity contribution is 5.79. The summed E-state index contributed by atoms with van der Waals surface area (Å²) in [5.41, 5.74) is 0. The third-order valence-electron chi connectivity index (χ3n) is 2.26. The monoisotopic (exact) mass is 214 g/mol. The average Bonchev–Trinajstić information content (AvgIpc) is 2.22. The van der Waals surface area contributed by atoms with E-state index >= 15 is 0 Å². The van der Waals surface area contributed by atoms with Crippen molar-refractivity contribution in [2.24, 2.45) is 4.99 Å². The number of guanidine groups is 1. The zero-order valence-electron chi connectivity index (χ0n) is 10.8. The quantitative estimate of drug-likeness (QED) is 0.510. The maximum atomic E-state index is 4.15. The van der Waals surface area contributed by atoms with Crippen molar-refractivity contribution in [2.75, 3.05) is 33.2 Å². The Hall–Kier alpha value is -0.770. The van der Waals surface area contributed by atoms with Crippen molar-refractivity contribution in [2.45, 2.75) is 33.7 Å². The number of aliphatic imine (C=N–C) groups is 1. The minimum absolute atomic E-state index is 0.421. The summed E-state index contributed by atoms with van der Waals surface area (Å²) in [5.74, 6) is 0.886. The van der Waals surface area contributed by atoms with E-state index in [1.807, 2.05) is 0 Å². The fourth-order valence-electron chi connectivity index (χ4n) is 1.34. The Labute approximate surface area is 94.1 Å². The van der Waals surface area contributed by atoms with Crippen molar-refractivity contribution in [3.63, 3.8) is 0 Å². The van der Waals surface area contributed by atoms with Crippen LogP contribution >= 0.6 is 0 Å². The molecule has 0 rings (SSSR count). The number of nitrogens with zero attached hydrogens (tertiary/aromatic N) is 2. The van der Waals surface area contributed by atoms with Crippen LogP contribution in [0, 0.1) is 0 Å². The first kappa shape index (κ1) is 14.2. The zero-order chi connectivity index (χ0) is 11.7. The standard InChI is InChI=1S/C11H26N4/c1-6-15(7-2)9-8-13-11(12-5)14-10(3)4/h10H,6-9H2,1-5H3,(H2,12,13,14). The van der Waals surface area contributed by atoms with Gasteiger partial charge in [0.05, 0.1) is 0 Å². The molecule has 4 heteroatoms. The molecular weight excluding hydrogens is 188 g/mol. The normalized spacial score (nSPS) is 12.3. The number of hydrogen-bond donors (Lipinski definition) is 2. The molecule has 0 aliphatic carbocycles. The predicted molar refractivity (Wildman–Crippen MR) is 67.4 cm³/mol. The molecule has 0 aliphatic heterocycles. The minimum Gasteiger partial charge on any atom is -0.355 e. The van der Waals surface area contributed by atoms with E-state index in [4.69, 9.17) is 0 Å². The molecule has 0 heterocycles. The van der Waals surface area contributed by atoms with Crippen LogP contribution < -0.4 is 10.6 Å². The highest BCUT2D eigenvalue weighted by Gasteiger charge is 2.01. The van der Waals surface area contributed by atoms with Crippen LogP contribution in [-0.2, 0) is 0 Å². The molecule has 15 heavy (non-hydrogen) atoms. The first-order valence-electron chi connectivity index (χ1n) is 5.83. The molecule has 4 nitrogen and oxygen atoms in total. The van der Waals surface area contributed by atoms with E-state index in [-0.39, 0.29) is 0 Å². The third-order valence-corrected chi connectivity index (χ3v) is 2.26. The van der Waals surface area contributed by atoms with Crippen LogP contribution in [0.15, 0.2) is 4.99 Å². The molecule has 0 radical (unpaired) electrons. The summed E-state index contributed by atoms with van der Waals surface area (Å²) in [6.07, 6.45) is 0. The van der Waals surface area contributed by atoms with Crippen molar-refractivity contribution in [3.8, 4) is 0 Å². The topological polar surface area (TPSA) is 39.7 Å². The first-order chi connectivity index (χ1) is 7.13. The Morgan fingerprint density at radius 2 is 1.87 bits per heavy atom. The Bertz CT molecular complexity index is 173. The van der Waals surface area contributed by atoms with Crippen molar-refractivity contribution in [1.29, 1.82) is 0 Å². The molecule has 0 aromatic carbocycles. The fraction of sp³-hybridized carbons (Fsp3) is 0.909. The van der Waals surface area contributed by atoms with Crippen molar-refractivity contribution in [1.82, 2.24) is 15.5 Å². The summed E-state index contributed by atoms with van der Waals surface area (Å²) in [6, 6.07) is 0.421. The lowest BCUT2D eigenvalue weighted by Crippen LogP contribution is -2.44. The van der Waals surface area contributed by atoms with E-state index in [0.717, 1.165) is 32.1 Å². The number of hydrogen-bond acceptors (Lipinski definition) is 2. The van der Waals surface area contributed by atoms with E-state index in [2.05, 4.69) is 48.2 Å². The van der Waals surface area contributed by atoms with Gasteiger partial charge in [-0.25, -0.2) is 0 Å². The molecule has 0 fully saturated rings. The van der Waals surface area contributed by atoms with Crippen LogP contribution in [0.2, 0.25) is 0 Å². The van der Waals surface area contributed by atoms with Crippen LogP contribution in [-0.4, -0.2) is 50.1 Å². The third kappa shape index (κ3) is 7.19. The molecule has 0 saturated heterocycles. The lowest BCUT2D eigenvalue weighted by atomic mass is 10.4. The molecule has 0 spiro atoms. The van der Waals surface area contributed by atoms with Crippen LogP contribution in [0.5, 0.6) is 0 Å². The molecule has 0 atom stereocenters. The second-order valence-corrected chi connectivity index (χ2v) is 3.82. The predicted octanol–water partition coefficient (Wildman–Crippen LogP) is 0.902. The van der Waals surface area contributed by atoms with Crippen LogP contribution in [0.3, 0.4) is 0 Å². The fourth-order valence-corrected chi connectivity index (χ4v) is 1.34. The van der Waals surface area contributed by atoms with Gasteiger partial charge >= 0.3 is 0 Å². The van der Waals surface area contributed by atoms with Gasteiger partial charge in [-0.3, -0.25) is 4.99 Å². The SMILES string of the molecule is CCN(CC)CCNC(=NC)NC(C)C. The van der Waals surface area contributed by atoms with Gasteiger partial charge in [0.15, 0.2) is 5.96 Å². The van der Waals surface area contributed by atoms with Gasteiger partial charge in [0.25, 0.3) is 0 Å². The van der Waals surface area contributed by atoms with E-state index in [1.54, 1.807) is 7.05 Å². The first-order valence-corrected chi connectivity index (χ1v) is 5.83. The molecule has 0 aliphatic rings. The van der Waals surface area contributed by atoms with Gasteiger partial charge in [-0.2, -0.15) is 0 Å². The van der Waals surface area contributed by atoms with E-state index < -0.39 is 0 Å². The van der Waals surface area contributed by atoms with Crippen LogP contribution in [0.1, 0.15) is 27.7 Å². The summed E-state index contributed by atoms with van der Waals surface area (Å²) < 4.78 is 0. The second-order valence-electron chi connectivity index (χ2n) is 3.82. The largest absolute Gasteiger partial charge is 0.355 e. The Kier molecular flexibility index (Phi) is 8.09. The van der Waals surface area contributed by atoms with Crippen molar-refractivity contribution < 1.29 is 0 Å². The van der Waals surface area contributed by atoms with E-state index in [0.29, 0.717) is 6.04 Å². The van der Waals surface area contributed by atoms with Gasteiger partial charge in [-0.1, -0.05) is 13.8 Å². The molecular formula is C11H26N4. The minimum atomic E-state index is 0.421. The second kappa shape index (κ2) is 8.53. The number of rotatable bonds is 6. The lowest BCUT2D eigenvalue weighted by molar-refractivity contribution is 0.308. The van der Waals surface area contributed by atoms with Crippen molar-refractivity contribution >= 4 is 5.96 Å². The maximum absolute atomic E-state index is 4.15. The summed E-state index contributed by atoms with van der Waals surface area (Å²) in [6.45, 7) is 12.8. The number of nitrogens with one attached hydrogen (secondary N) is 2. The number of likely N-dealkylation sites (N-methyl/N-ethyl adjacent to an activating group) is 1. The Morgan fingerprint density at radius 1 is 1.27 bits per heavy atom. The van der Waals surface area contributed by atoms with E-state index in [1.165, 1.54) is 0 Å². The van der Waals surface area contributed by atoms with Crippen LogP contribution in [0.25, 0.3) is 0 Å². The van der Waals surface area contributed by atoms with E-state index in [9.17, 15) is 0 Å². The van der Waals surface area contributed by atoms with Crippen LogP contribution in [0.4, 0.5) is 0 Å². The smallest absolute Gasteiger partial charge is 0.191 e. The summed E-state index contributed by atoms with van der Waals surface area (Å²) in [4.78, 5) is 6.54. The lowest BCUT2D eigenvalue weighted by Gasteiger charge is -2.20. The highest BCUT2D eigenvalue weighted by atomic mass is 15.2. The molecule has 0 amide bonds. The van der Waals surface area contributed by atoms with Gasteiger partial charge in [0.1, 0.15) is 0 Å². The molecule has 0 aromatic rings. The molecule has 0 saturated carbocycles. The van der Waals surface area contributed by atoms with Gasteiger partial charge in [0.2, 0.25) is 0 Å². The Morgan fingerprint density at radius 3 is 2.27 bits per heavy atom. The summed E-state index contributed by atoms with van der Waals surface area (Å²) in [7, 11) is 1.80. The summed E-state index contributed by atoms with van der Waals surface area (Å²) >= 11 is 0.